The minimum absolute atomic E-state index is 0.0402. The predicted octanol–water partition coefficient (Wildman–Crippen LogP) is 4.01. The van der Waals surface area contributed by atoms with Gasteiger partial charge in [-0.1, -0.05) is 29.8 Å². The lowest BCUT2D eigenvalue weighted by atomic mass is 10.1. The summed E-state index contributed by atoms with van der Waals surface area (Å²) in [6.07, 6.45) is 4.54. The maximum Gasteiger partial charge on any atom is 0.225 e. The summed E-state index contributed by atoms with van der Waals surface area (Å²) >= 11 is 0. The fourth-order valence-electron chi connectivity index (χ4n) is 3.44. The van der Waals surface area contributed by atoms with Crippen molar-refractivity contribution >= 4 is 17.6 Å². The molecule has 1 fully saturated rings. The van der Waals surface area contributed by atoms with E-state index in [2.05, 4.69) is 79.6 Å². The van der Waals surface area contributed by atoms with E-state index in [0.717, 1.165) is 17.3 Å². The van der Waals surface area contributed by atoms with Crippen LogP contribution in [-0.2, 0) is 4.84 Å². The molecule has 8 heteroatoms. The summed E-state index contributed by atoms with van der Waals surface area (Å²) in [5, 5.41) is 13.9. The average Bonchev–Trinajstić information content (AvgIpc) is 3.29. The molecule has 1 aliphatic heterocycles. The third kappa shape index (κ3) is 4.28. The largest absolute Gasteiger partial charge is 0.411 e. The van der Waals surface area contributed by atoms with Gasteiger partial charge in [0.15, 0.2) is 5.82 Å². The number of rotatable bonds is 7. The number of nitrogens with one attached hydrogen (secondary N) is 4. The summed E-state index contributed by atoms with van der Waals surface area (Å²) < 4.78 is 0. The topological polar surface area (TPSA) is 99.8 Å². The van der Waals surface area contributed by atoms with Crippen LogP contribution in [0.4, 0.5) is 17.6 Å². The monoisotopic (exact) mass is 403 g/mol. The smallest absolute Gasteiger partial charge is 0.225 e. The zero-order chi connectivity index (χ0) is 20.5. The molecular formula is C22H25N7O. The van der Waals surface area contributed by atoms with E-state index in [4.69, 9.17) is 4.84 Å². The summed E-state index contributed by atoms with van der Waals surface area (Å²) in [5.74, 6) is 3.46. The molecular weight excluding hydrogens is 378 g/mol. The van der Waals surface area contributed by atoms with Gasteiger partial charge in [0.05, 0.1) is 12.6 Å². The van der Waals surface area contributed by atoms with E-state index in [1.807, 2.05) is 13.0 Å². The molecule has 8 nitrogen and oxygen atoms in total. The molecule has 0 amide bonds. The second-order valence-corrected chi connectivity index (χ2v) is 7.92. The van der Waals surface area contributed by atoms with Gasteiger partial charge >= 0.3 is 0 Å². The first kappa shape index (κ1) is 18.6. The molecule has 30 heavy (non-hydrogen) atoms. The maximum atomic E-state index is 5.62. The van der Waals surface area contributed by atoms with Gasteiger partial charge in [0.2, 0.25) is 5.95 Å². The highest BCUT2D eigenvalue weighted by atomic mass is 16.7. The molecule has 3 aromatic rings. The van der Waals surface area contributed by atoms with Crippen LogP contribution in [0, 0.1) is 13.8 Å². The minimum Gasteiger partial charge on any atom is -0.411 e. The lowest BCUT2D eigenvalue weighted by molar-refractivity contribution is 0.116. The maximum absolute atomic E-state index is 5.62. The number of hydroxylamine groups is 1. The predicted molar refractivity (Wildman–Crippen MR) is 115 cm³/mol. The number of aryl methyl sites for hydroxylation is 2. The Morgan fingerprint density at radius 1 is 1.07 bits per heavy atom. The highest BCUT2D eigenvalue weighted by Gasteiger charge is 2.25. The van der Waals surface area contributed by atoms with E-state index in [1.165, 1.54) is 29.7 Å². The molecule has 0 bridgehead atoms. The molecule has 1 saturated carbocycles. The molecule has 0 spiro atoms. The normalized spacial score (nSPS) is 18.1. The lowest BCUT2D eigenvalue weighted by Crippen LogP contribution is -2.14. The molecule has 1 aromatic carbocycles. The van der Waals surface area contributed by atoms with Crippen molar-refractivity contribution in [1.29, 1.82) is 0 Å². The first-order valence-electron chi connectivity index (χ1n) is 10.2. The lowest BCUT2D eigenvalue weighted by Gasteiger charge is -2.09. The fourth-order valence-corrected chi connectivity index (χ4v) is 3.44. The van der Waals surface area contributed by atoms with Gasteiger partial charge in [-0.05, 0) is 38.3 Å². The van der Waals surface area contributed by atoms with Crippen LogP contribution in [0.15, 0.2) is 48.2 Å². The van der Waals surface area contributed by atoms with E-state index in [-0.39, 0.29) is 6.04 Å². The Hall–Kier alpha value is -3.39. The van der Waals surface area contributed by atoms with E-state index in [9.17, 15) is 0 Å². The van der Waals surface area contributed by atoms with Crippen LogP contribution in [0.1, 0.15) is 47.3 Å². The van der Waals surface area contributed by atoms with Crippen LogP contribution in [0.25, 0.3) is 0 Å². The molecule has 2 aliphatic rings. The van der Waals surface area contributed by atoms with E-state index in [0.29, 0.717) is 24.2 Å². The molecule has 5 rings (SSSR count). The van der Waals surface area contributed by atoms with Crippen molar-refractivity contribution in [3.05, 3.63) is 70.7 Å². The molecule has 0 saturated heterocycles. The summed E-state index contributed by atoms with van der Waals surface area (Å²) in [7, 11) is 0. The standard InChI is InChI=1S/C22H25N7O/c1-13-3-5-16(6-4-13)19-10-17(30-29-19)12-23-22-24-14(2)9-20(26-22)25-21-11-18(27-28-21)15-7-8-15/h3-6,9-11,15,19,29H,7-8,12H2,1-2H3,(H3,23,24,25,26,27,28). The summed E-state index contributed by atoms with van der Waals surface area (Å²) in [5.41, 5.74) is 7.51. The van der Waals surface area contributed by atoms with Gasteiger partial charge < -0.3 is 15.5 Å². The van der Waals surface area contributed by atoms with E-state index < -0.39 is 0 Å². The van der Waals surface area contributed by atoms with Crippen LogP contribution in [-0.4, -0.2) is 26.7 Å². The van der Waals surface area contributed by atoms with Crippen LogP contribution in [0.2, 0.25) is 0 Å². The SMILES string of the molecule is Cc1ccc(C2C=C(CNc3nc(C)cc(Nc4cc(C5CC5)[nH]n4)n3)ON2)cc1. The number of benzene rings is 1. The van der Waals surface area contributed by atoms with Gasteiger partial charge in [-0.15, -0.1) is 5.48 Å². The van der Waals surface area contributed by atoms with Crippen molar-refractivity contribution in [2.45, 2.75) is 38.6 Å². The first-order chi connectivity index (χ1) is 14.6. The molecule has 1 aliphatic carbocycles. The van der Waals surface area contributed by atoms with Gasteiger partial charge in [-0.25, -0.2) is 4.98 Å². The second-order valence-electron chi connectivity index (χ2n) is 7.92. The molecule has 0 radical (unpaired) electrons. The summed E-state index contributed by atoms with van der Waals surface area (Å²) in [4.78, 5) is 14.7. The van der Waals surface area contributed by atoms with Gasteiger partial charge in [0.1, 0.15) is 11.6 Å². The van der Waals surface area contributed by atoms with Crippen molar-refractivity contribution in [2.75, 3.05) is 17.2 Å². The molecule has 154 valence electrons. The van der Waals surface area contributed by atoms with E-state index in [1.54, 1.807) is 0 Å². The number of hydrogen-bond acceptors (Lipinski definition) is 7. The number of H-pyrrole nitrogens is 1. The Bertz CT molecular complexity index is 1070. The number of hydrogen-bond donors (Lipinski definition) is 4. The Kier molecular flexibility index (Phi) is 4.84. The van der Waals surface area contributed by atoms with Crippen LogP contribution >= 0.6 is 0 Å². The average molecular weight is 403 g/mol. The molecule has 1 atom stereocenters. The Balaban J connectivity index is 1.22. The van der Waals surface area contributed by atoms with Gasteiger partial charge in [-0.3, -0.25) is 5.10 Å². The van der Waals surface area contributed by atoms with Gasteiger partial charge in [0.25, 0.3) is 0 Å². The van der Waals surface area contributed by atoms with Crippen LogP contribution in [0.3, 0.4) is 0 Å². The van der Waals surface area contributed by atoms with Gasteiger partial charge in [-0.2, -0.15) is 10.1 Å². The fraction of sp³-hybridized carbons (Fsp3) is 0.318. The quantitative estimate of drug-likeness (QED) is 0.473. The van der Waals surface area contributed by atoms with Crippen molar-refractivity contribution in [2.24, 2.45) is 0 Å². The molecule has 3 heterocycles. The van der Waals surface area contributed by atoms with E-state index >= 15 is 0 Å². The number of aromatic amines is 1. The second kappa shape index (κ2) is 7.79. The number of anilines is 3. The third-order valence-corrected chi connectivity index (χ3v) is 5.25. The van der Waals surface area contributed by atoms with Crippen LogP contribution in [0.5, 0.6) is 0 Å². The highest BCUT2D eigenvalue weighted by molar-refractivity contribution is 5.54. The number of aromatic nitrogens is 4. The van der Waals surface area contributed by atoms with Crippen LogP contribution < -0.4 is 16.1 Å². The Labute approximate surface area is 175 Å². The zero-order valence-electron chi connectivity index (χ0n) is 17.1. The van der Waals surface area contributed by atoms with Crippen molar-refractivity contribution in [3.63, 3.8) is 0 Å². The molecule has 2 aromatic heterocycles. The summed E-state index contributed by atoms with van der Waals surface area (Å²) in [6, 6.07) is 12.4. The first-order valence-corrected chi connectivity index (χ1v) is 10.2. The van der Waals surface area contributed by atoms with Crippen molar-refractivity contribution in [1.82, 2.24) is 25.6 Å². The highest BCUT2D eigenvalue weighted by Crippen LogP contribution is 2.39. The Morgan fingerprint density at radius 2 is 1.90 bits per heavy atom. The number of nitrogens with zero attached hydrogens (tertiary/aromatic N) is 3. The van der Waals surface area contributed by atoms with Crippen molar-refractivity contribution < 1.29 is 4.84 Å². The molecule has 4 N–H and O–H groups in total. The molecule has 1 unspecified atom stereocenters. The summed E-state index contributed by atoms with van der Waals surface area (Å²) in [6.45, 7) is 4.52. The Morgan fingerprint density at radius 3 is 2.70 bits per heavy atom. The van der Waals surface area contributed by atoms with Gasteiger partial charge in [0, 0.05) is 29.4 Å². The van der Waals surface area contributed by atoms with Crippen molar-refractivity contribution in [3.8, 4) is 0 Å². The minimum atomic E-state index is 0.0402. The third-order valence-electron chi connectivity index (χ3n) is 5.25. The zero-order valence-corrected chi connectivity index (χ0v) is 17.1.